The minimum atomic E-state index is -1.31. The number of amides is 2. The Morgan fingerprint density at radius 2 is 2.00 bits per heavy atom. The molecule has 15 heteroatoms. The predicted molar refractivity (Wildman–Crippen MR) is 176 cm³/mol. The van der Waals surface area contributed by atoms with Crippen molar-refractivity contribution in [1.82, 2.24) is 15.1 Å². The van der Waals surface area contributed by atoms with Gasteiger partial charge in [-0.1, -0.05) is 6.07 Å². The van der Waals surface area contributed by atoms with Crippen LogP contribution in [0.15, 0.2) is 29.0 Å². The van der Waals surface area contributed by atoms with Crippen LogP contribution in [0.3, 0.4) is 0 Å². The summed E-state index contributed by atoms with van der Waals surface area (Å²) in [6.07, 6.45) is 4.30. The maximum Gasteiger partial charge on any atom is 0.414 e. The molecule has 8 N–H and O–H groups in total. The molecule has 5 aliphatic rings. The average Bonchev–Trinajstić information content (AvgIpc) is 3.78. The van der Waals surface area contributed by atoms with E-state index < -0.39 is 47.6 Å². The molecule has 2 bridgehead atoms. The van der Waals surface area contributed by atoms with Crippen LogP contribution in [0.1, 0.15) is 68.9 Å². The number of carboxylic acid groups (broad SMARTS) is 1. The third-order valence-electron chi connectivity index (χ3n) is 10.8. The number of likely N-dealkylation sites (tertiary alicyclic amines) is 1. The Hall–Kier alpha value is -4.37. The SMILES string of the molecule is CN(CCCC(=O)[C@@H](CCCN=C(N)N)NC(=O)CC(=O)O)C(=O)OC1=CC[C@@]2(O)[C@H]3Cc4ccc(O)c5c4[C@@]2(CCN3CC2CC2)[C@H]1O5. The number of piperidine rings is 1. The number of hydrogen-bond acceptors (Lipinski definition) is 10. The number of aliphatic hydroxyl groups is 1. The summed E-state index contributed by atoms with van der Waals surface area (Å²) < 4.78 is 12.4. The number of nitrogens with two attached hydrogens (primary N) is 2. The number of aliphatic carboxylic acids is 1. The van der Waals surface area contributed by atoms with Gasteiger partial charge in [0.05, 0.1) is 17.1 Å². The van der Waals surface area contributed by atoms with E-state index in [9.17, 15) is 29.4 Å². The number of carbonyl (C=O) groups excluding carboxylic acids is 3. The van der Waals surface area contributed by atoms with Crippen molar-refractivity contribution >= 4 is 29.7 Å². The van der Waals surface area contributed by atoms with E-state index in [1.165, 1.54) is 17.7 Å². The average molecular weight is 683 g/mol. The zero-order chi connectivity index (χ0) is 35.1. The van der Waals surface area contributed by atoms with Gasteiger partial charge in [0, 0.05) is 51.1 Å². The van der Waals surface area contributed by atoms with E-state index in [2.05, 4.69) is 15.2 Å². The Balaban J connectivity index is 1.10. The van der Waals surface area contributed by atoms with E-state index in [4.69, 9.17) is 26.0 Å². The largest absolute Gasteiger partial charge is 0.504 e. The molecule has 3 aliphatic carbocycles. The van der Waals surface area contributed by atoms with E-state index in [0.717, 1.165) is 24.2 Å². The molecular formula is C34H46N6O9. The number of aliphatic imine (C=N–C) groups is 1. The molecule has 0 unspecified atom stereocenters. The molecule has 2 heterocycles. The van der Waals surface area contributed by atoms with Crippen molar-refractivity contribution in [2.24, 2.45) is 22.4 Å². The number of Topliss-reactive ketones (excluding diaryl/α,β-unsaturated/α-hetero) is 1. The molecule has 1 spiro atoms. The highest BCUT2D eigenvalue weighted by Gasteiger charge is 2.72. The van der Waals surface area contributed by atoms with Crippen molar-refractivity contribution in [2.75, 3.05) is 33.2 Å². The minimum absolute atomic E-state index is 0.00936. The van der Waals surface area contributed by atoms with Gasteiger partial charge in [0.25, 0.3) is 0 Å². The zero-order valence-corrected chi connectivity index (χ0v) is 27.7. The van der Waals surface area contributed by atoms with Gasteiger partial charge in [-0.05, 0) is 75.1 Å². The number of carboxylic acids is 1. The number of nitrogens with one attached hydrogen (secondary N) is 1. The van der Waals surface area contributed by atoms with Crippen molar-refractivity contribution < 1.29 is 44.0 Å². The van der Waals surface area contributed by atoms with Gasteiger partial charge < -0.3 is 46.5 Å². The van der Waals surface area contributed by atoms with E-state index in [-0.39, 0.29) is 68.1 Å². The number of hydrogen-bond donors (Lipinski definition) is 6. The summed E-state index contributed by atoms with van der Waals surface area (Å²) in [5, 5.41) is 34.8. The molecular weight excluding hydrogens is 636 g/mol. The molecule has 1 aromatic carbocycles. The summed E-state index contributed by atoms with van der Waals surface area (Å²) in [4.78, 5) is 57.1. The molecule has 5 atom stereocenters. The first kappa shape index (κ1) is 34.5. The van der Waals surface area contributed by atoms with Crippen molar-refractivity contribution in [3.05, 3.63) is 35.1 Å². The van der Waals surface area contributed by atoms with Crippen molar-refractivity contribution in [3.8, 4) is 11.5 Å². The van der Waals surface area contributed by atoms with Crippen LogP contribution in [-0.2, 0) is 31.0 Å². The molecule has 1 aromatic rings. The highest BCUT2D eigenvalue weighted by atomic mass is 16.6. The fourth-order valence-electron chi connectivity index (χ4n) is 8.30. The topological polar surface area (TPSA) is 230 Å². The standard InChI is InChI=1S/C34H46N6O9/c1-39(14-3-5-22(41)21(4-2-13-37-31(35)36)38-26(43)17-27(44)45)32(46)48-24-10-11-34(47)25-16-20-8-9-23(42)29-28(20)33(34,30(24)49-29)12-15-40(25)18-19-6-7-19/h8-10,19,21,25,30,42,47H,2-7,11-18H2,1H3,(H,38,43)(H,44,45)(H4,35,36,37)/t21-,25-,30+,33+,34-/m1/s1. The second kappa shape index (κ2) is 13.5. The van der Waals surface area contributed by atoms with E-state index in [1.807, 2.05) is 6.07 Å². The van der Waals surface area contributed by atoms with Crippen molar-refractivity contribution in [2.45, 2.75) is 93.4 Å². The van der Waals surface area contributed by atoms with Gasteiger partial charge in [0.15, 0.2) is 29.3 Å². The molecule has 6 rings (SSSR count). The Bertz CT molecular complexity index is 1570. The van der Waals surface area contributed by atoms with Crippen LogP contribution < -0.4 is 21.5 Å². The van der Waals surface area contributed by atoms with Gasteiger partial charge in [-0.25, -0.2) is 4.79 Å². The molecule has 2 aliphatic heterocycles. The molecule has 49 heavy (non-hydrogen) atoms. The highest BCUT2D eigenvalue weighted by molar-refractivity contribution is 5.96. The monoisotopic (exact) mass is 682 g/mol. The van der Waals surface area contributed by atoms with Gasteiger partial charge in [-0.2, -0.15) is 0 Å². The number of phenolic OH excluding ortho intramolecular Hbond substituents is 1. The lowest BCUT2D eigenvalue weighted by Gasteiger charge is -2.62. The minimum Gasteiger partial charge on any atom is -0.504 e. The molecule has 0 radical (unpaired) electrons. The first-order chi connectivity index (χ1) is 23.3. The summed E-state index contributed by atoms with van der Waals surface area (Å²) in [7, 11) is 1.55. The van der Waals surface area contributed by atoms with E-state index in [1.54, 1.807) is 19.2 Å². The number of carbonyl (C=O) groups is 4. The number of phenols is 1. The van der Waals surface area contributed by atoms with Crippen LogP contribution in [0, 0.1) is 5.92 Å². The van der Waals surface area contributed by atoms with Crippen molar-refractivity contribution in [1.29, 1.82) is 0 Å². The lowest BCUT2D eigenvalue weighted by molar-refractivity contribution is -0.169. The molecule has 2 fully saturated rings. The summed E-state index contributed by atoms with van der Waals surface area (Å²) >= 11 is 0. The number of ketones is 1. The van der Waals surface area contributed by atoms with Gasteiger partial charge >= 0.3 is 12.1 Å². The number of benzene rings is 1. The van der Waals surface area contributed by atoms with Gasteiger partial charge in [0.1, 0.15) is 12.2 Å². The van der Waals surface area contributed by atoms with Crippen molar-refractivity contribution in [3.63, 3.8) is 0 Å². The zero-order valence-electron chi connectivity index (χ0n) is 27.7. The molecule has 15 nitrogen and oxygen atoms in total. The van der Waals surface area contributed by atoms with Crippen LogP contribution in [0.2, 0.25) is 0 Å². The third-order valence-corrected chi connectivity index (χ3v) is 10.8. The lowest BCUT2D eigenvalue weighted by atomic mass is 9.50. The van der Waals surface area contributed by atoms with E-state index in [0.29, 0.717) is 30.9 Å². The van der Waals surface area contributed by atoms with Gasteiger partial charge in [0.2, 0.25) is 5.91 Å². The highest BCUT2D eigenvalue weighted by Crippen LogP contribution is 2.65. The summed E-state index contributed by atoms with van der Waals surface area (Å²) in [5.74, 6) is -1.23. The third kappa shape index (κ3) is 6.53. The molecule has 0 aromatic heterocycles. The molecule has 2 amide bonds. The van der Waals surface area contributed by atoms with Gasteiger partial charge in [-0.3, -0.25) is 24.3 Å². The molecule has 1 saturated carbocycles. The molecule has 266 valence electrons. The second-order valence-corrected chi connectivity index (χ2v) is 14.1. The normalized spacial score (nSPS) is 26.8. The first-order valence-corrected chi connectivity index (χ1v) is 17.0. The number of nitrogens with zero attached hydrogens (tertiary/aromatic N) is 3. The lowest BCUT2D eigenvalue weighted by Crippen LogP contribution is -2.75. The quantitative estimate of drug-likeness (QED) is 0.0656. The fourth-order valence-corrected chi connectivity index (χ4v) is 8.30. The summed E-state index contributed by atoms with van der Waals surface area (Å²) in [6, 6.07) is 2.49. The first-order valence-electron chi connectivity index (χ1n) is 17.0. The van der Waals surface area contributed by atoms with Crippen LogP contribution in [0.25, 0.3) is 0 Å². The Morgan fingerprint density at radius 3 is 2.71 bits per heavy atom. The predicted octanol–water partition coefficient (Wildman–Crippen LogP) is 0.881. The maximum absolute atomic E-state index is 13.4. The summed E-state index contributed by atoms with van der Waals surface area (Å²) in [5.41, 5.74) is 10.5. The van der Waals surface area contributed by atoms with Crippen LogP contribution >= 0.6 is 0 Å². The Kier molecular flexibility index (Phi) is 9.50. The maximum atomic E-state index is 13.4. The van der Waals surface area contributed by atoms with E-state index >= 15 is 0 Å². The summed E-state index contributed by atoms with van der Waals surface area (Å²) in [6.45, 7) is 2.10. The Labute approximate surface area is 284 Å². The fraction of sp³-hybridized carbons (Fsp3) is 0.618. The number of ether oxygens (including phenoxy) is 2. The van der Waals surface area contributed by atoms with Crippen LogP contribution in [-0.4, -0.2) is 112 Å². The molecule has 1 saturated heterocycles. The number of guanidine groups is 1. The number of rotatable bonds is 15. The Morgan fingerprint density at radius 1 is 1.22 bits per heavy atom. The van der Waals surface area contributed by atoms with Crippen LogP contribution in [0.4, 0.5) is 4.79 Å². The van der Waals surface area contributed by atoms with Gasteiger partial charge in [-0.15, -0.1) is 0 Å². The second-order valence-electron chi connectivity index (χ2n) is 14.1. The smallest absolute Gasteiger partial charge is 0.414 e. The van der Waals surface area contributed by atoms with Crippen LogP contribution in [0.5, 0.6) is 11.5 Å². The number of aromatic hydroxyl groups is 1.